The lowest BCUT2D eigenvalue weighted by atomic mass is 9.63. The second kappa shape index (κ2) is 30.1. The second-order valence-electron chi connectivity index (χ2n) is 28.4. The first-order valence-electron chi connectivity index (χ1n) is 36.9. The van der Waals surface area contributed by atoms with Crippen molar-refractivity contribution in [2.75, 3.05) is 0 Å². The van der Waals surface area contributed by atoms with E-state index >= 15 is 0 Å². The van der Waals surface area contributed by atoms with Crippen LogP contribution in [0.2, 0.25) is 0 Å². The Kier molecular flexibility index (Phi) is 19.2. The number of hydrogen-bond acceptors (Lipinski definition) is 10. The van der Waals surface area contributed by atoms with Gasteiger partial charge in [-0.2, -0.15) is 0 Å². The Morgan fingerprint density at radius 1 is 0.236 bits per heavy atom. The van der Waals surface area contributed by atoms with Gasteiger partial charge in [-0.1, -0.05) is 350 Å². The molecule has 14 aromatic carbocycles. The predicted molar refractivity (Wildman–Crippen MR) is 444 cm³/mol. The Bertz CT molecular complexity index is 5720. The standard InChI is InChI=1S/C46H31N3O.C31H29BO3.C21H14BrN3/c1-4-15-33(16-5-1)43-47-44(34-17-6-2-7-18-34)49-45(48-43)36-20-14-19-35(31-36)32-27-29-38(30-28-32)46(37-21-8-3-9-22-37)39-23-10-12-25-41(39)50-42-26-13-11-24-40(42)46;1-29(2)30(3,4)35-32(34-29)24-20-18-23(19-21-24)31(22-12-6-5-7-13-22)25-14-8-10-16-27(25)33-28-17-11-9-15-26(28)31;22-18-13-7-12-17(14-18)21-24-19(15-8-3-1-4-9-15)23-20(25-21)16-10-5-2-6-11-16/h1-31H;5-21H,1-4H3;1-14H. The molecule has 19 rings (SSSR count). The van der Waals surface area contributed by atoms with E-state index in [-0.39, 0.29) is 11.2 Å². The molecule has 0 unspecified atom stereocenters. The van der Waals surface area contributed by atoms with E-state index in [9.17, 15) is 0 Å². The quantitative estimate of drug-likeness (QED) is 0.110. The summed E-state index contributed by atoms with van der Waals surface area (Å²) in [7, 11) is -0.393. The molecule has 530 valence electrons. The summed E-state index contributed by atoms with van der Waals surface area (Å²) in [5.41, 5.74) is 16.3. The number of ether oxygens (including phenoxy) is 2. The predicted octanol–water partition coefficient (Wildman–Crippen LogP) is 23.1. The van der Waals surface area contributed by atoms with Gasteiger partial charge >= 0.3 is 7.12 Å². The molecule has 2 aromatic heterocycles. The minimum Gasteiger partial charge on any atom is -0.457 e. The average molecular weight is 1490 g/mol. The molecule has 12 heteroatoms. The minimum atomic E-state index is -0.556. The minimum absolute atomic E-state index is 0.375. The van der Waals surface area contributed by atoms with Gasteiger partial charge in [0.25, 0.3) is 0 Å². The molecule has 0 radical (unpaired) electrons. The summed E-state index contributed by atoms with van der Waals surface area (Å²) in [6.45, 7) is 8.34. The molecule has 0 atom stereocenters. The molecule has 3 aliphatic heterocycles. The summed E-state index contributed by atoms with van der Waals surface area (Å²) in [5.74, 6) is 7.43. The van der Waals surface area contributed by atoms with Gasteiger partial charge < -0.3 is 18.8 Å². The number of halogens is 1. The van der Waals surface area contributed by atoms with Crippen LogP contribution in [0.1, 0.15) is 72.2 Å². The fraction of sp³-hybridized carbons (Fsp3) is 0.0816. The highest BCUT2D eigenvalue weighted by Gasteiger charge is 2.52. The van der Waals surface area contributed by atoms with E-state index in [4.69, 9.17) is 43.7 Å². The van der Waals surface area contributed by atoms with Crippen molar-refractivity contribution in [1.82, 2.24) is 29.9 Å². The lowest BCUT2D eigenvalue weighted by molar-refractivity contribution is 0.00578. The third-order valence-corrected chi connectivity index (χ3v) is 21.6. The third-order valence-electron chi connectivity index (χ3n) is 21.1. The molecule has 5 heterocycles. The van der Waals surface area contributed by atoms with Crippen LogP contribution in [-0.2, 0) is 20.1 Å². The molecule has 0 spiro atoms. The third kappa shape index (κ3) is 13.5. The molecule has 0 aliphatic carbocycles. The largest absolute Gasteiger partial charge is 0.494 e. The molecule has 110 heavy (non-hydrogen) atoms. The highest BCUT2D eigenvalue weighted by atomic mass is 79.9. The molecule has 0 amide bonds. The Balaban J connectivity index is 0.000000128. The normalized spacial score (nSPS) is 14.2. The summed E-state index contributed by atoms with van der Waals surface area (Å²) in [5, 5.41) is 0. The first-order chi connectivity index (χ1) is 53.9. The van der Waals surface area contributed by atoms with Crippen molar-refractivity contribution >= 4 is 28.5 Å². The Hall–Kier alpha value is -12.8. The molecule has 0 N–H and O–H groups in total. The summed E-state index contributed by atoms with van der Waals surface area (Å²) in [4.78, 5) is 28.9. The molecule has 1 fully saturated rings. The zero-order valence-electron chi connectivity index (χ0n) is 61.1. The van der Waals surface area contributed by atoms with Crippen LogP contribution in [0.4, 0.5) is 0 Å². The van der Waals surface area contributed by atoms with Crippen LogP contribution < -0.4 is 14.9 Å². The van der Waals surface area contributed by atoms with Gasteiger partial charge in [-0.3, -0.25) is 0 Å². The van der Waals surface area contributed by atoms with E-state index in [1.54, 1.807) is 0 Å². The lowest BCUT2D eigenvalue weighted by Gasteiger charge is -2.41. The maximum Gasteiger partial charge on any atom is 0.494 e. The number of nitrogens with zero attached hydrogens (tertiary/aromatic N) is 6. The molecular formula is C98H74BBrN6O4. The maximum atomic E-state index is 6.48. The van der Waals surface area contributed by atoms with Crippen molar-refractivity contribution < 1.29 is 18.8 Å². The number of para-hydroxylation sites is 4. The summed E-state index contributed by atoms with van der Waals surface area (Å²) < 4.78 is 26.5. The van der Waals surface area contributed by atoms with Gasteiger partial charge in [0.05, 0.1) is 22.0 Å². The van der Waals surface area contributed by atoms with Crippen LogP contribution in [0.15, 0.2) is 381 Å². The van der Waals surface area contributed by atoms with Crippen molar-refractivity contribution in [2.24, 2.45) is 0 Å². The lowest BCUT2D eigenvalue weighted by Crippen LogP contribution is -2.41. The van der Waals surface area contributed by atoms with E-state index in [0.717, 1.165) is 99.7 Å². The van der Waals surface area contributed by atoms with Crippen LogP contribution in [-0.4, -0.2) is 48.2 Å². The van der Waals surface area contributed by atoms with Crippen molar-refractivity contribution in [1.29, 1.82) is 0 Å². The zero-order valence-corrected chi connectivity index (χ0v) is 62.7. The Morgan fingerprint density at radius 3 is 0.845 bits per heavy atom. The van der Waals surface area contributed by atoms with Crippen LogP contribution in [0.25, 0.3) is 79.5 Å². The molecule has 0 bridgehead atoms. The van der Waals surface area contributed by atoms with E-state index in [1.165, 1.54) is 22.3 Å². The highest BCUT2D eigenvalue weighted by molar-refractivity contribution is 9.10. The zero-order chi connectivity index (χ0) is 74.7. The summed E-state index contributed by atoms with van der Waals surface area (Å²) >= 11 is 3.52. The summed E-state index contributed by atoms with van der Waals surface area (Å²) in [6, 6.07) is 129. The monoisotopic (exact) mass is 1490 g/mol. The molecule has 0 saturated carbocycles. The first kappa shape index (κ1) is 70.2. The maximum absolute atomic E-state index is 6.48. The topological polar surface area (TPSA) is 114 Å². The molecule has 10 nitrogen and oxygen atoms in total. The van der Waals surface area contributed by atoms with Crippen molar-refractivity contribution in [2.45, 2.75) is 49.7 Å². The van der Waals surface area contributed by atoms with Crippen molar-refractivity contribution in [3.63, 3.8) is 0 Å². The van der Waals surface area contributed by atoms with Crippen molar-refractivity contribution in [3.05, 3.63) is 425 Å². The van der Waals surface area contributed by atoms with Crippen LogP contribution in [0.3, 0.4) is 0 Å². The average Bonchev–Trinajstić information content (AvgIpc) is 1.35. The van der Waals surface area contributed by atoms with E-state index < -0.39 is 17.9 Å². The van der Waals surface area contributed by atoms with Gasteiger partial charge in [0.15, 0.2) is 34.9 Å². The highest BCUT2D eigenvalue weighted by Crippen LogP contribution is 2.57. The number of fused-ring (bicyclic) bond motifs is 4. The van der Waals surface area contributed by atoms with Gasteiger partial charge in [0.2, 0.25) is 0 Å². The van der Waals surface area contributed by atoms with E-state index in [2.05, 4.69) is 255 Å². The van der Waals surface area contributed by atoms with E-state index in [1.807, 2.05) is 170 Å². The molecule has 16 aromatic rings. The number of hydrogen-bond donors (Lipinski definition) is 0. The first-order valence-corrected chi connectivity index (χ1v) is 37.7. The van der Waals surface area contributed by atoms with Crippen LogP contribution >= 0.6 is 15.9 Å². The fourth-order valence-corrected chi connectivity index (χ4v) is 15.5. The van der Waals surface area contributed by atoms with Crippen LogP contribution in [0, 0.1) is 0 Å². The Labute approximate surface area is 650 Å². The number of aromatic nitrogens is 6. The number of benzene rings is 14. The van der Waals surface area contributed by atoms with Gasteiger partial charge in [0, 0.05) is 60.1 Å². The van der Waals surface area contributed by atoms with Crippen LogP contribution in [0.5, 0.6) is 23.0 Å². The second-order valence-corrected chi connectivity index (χ2v) is 29.3. The Morgan fingerprint density at radius 2 is 0.500 bits per heavy atom. The van der Waals surface area contributed by atoms with Gasteiger partial charge in [0.1, 0.15) is 23.0 Å². The van der Waals surface area contributed by atoms with Gasteiger partial charge in [-0.25, -0.2) is 29.9 Å². The smallest absolute Gasteiger partial charge is 0.457 e. The van der Waals surface area contributed by atoms with Crippen molar-refractivity contribution in [3.8, 4) is 102 Å². The molecular weight excluding hydrogens is 1420 g/mol. The van der Waals surface area contributed by atoms with Gasteiger partial charge in [-0.15, -0.1) is 0 Å². The fourth-order valence-electron chi connectivity index (χ4n) is 15.1. The SMILES string of the molecule is Brc1cccc(-c2nc(-c3ccccc3)nc(-c3ccccc3)n2)c1.CC1(C)OB(c2ccc(C3(c4ccccc4)c4ccccc4Oc4ccccc43)cc2)OC1(C)C.c1ccc(-c2nc(-c3ccccc3)nc(-c3cccc(-c4ccc(C5(c6ccccc6)c6ccccc6Oc6ccccc65)cc4)c3)n2)cc1. The van der Waals surface area contributed by atoms with E-state index in [0.29, 0.717) is 34.9 Å². The molecule has 1 saturated heterocycles. The number of rotatable bonds is 12. The van der Waals surface area contributed by atoms with Gasteiger partial charge in [-0.05, 0) is 109 Å². The molecule has 3 aliphatic rings. The summed E-state index contributed by atoms with van der Waals surface area (Å²) in [6.07, 6.45) is 0.